The van der Waals surface area contributed by atoms with E-state index in [-0.39, 0.29) is 29.4 Å². The van der Waals surface area contributed by atoms with Crippen LogP contribution in [0, 0.1) is 6.92 Å². The molecule has 1 aromatic carbocycles. The highest BCUT2D eigenvalue weighted by molar-refractivity contribution is 14.0. The van der Waals surface area contributed by atoms with Crippen LogP contribution in [0.3, 0.4) is 0 Å². The van der Waals surface area contributed by atoms with Crippen LogP contribution in [-0.4, -0.2) is 47.5 Å². The number of hydrogen-bond donors (Lipinski definition) is 2. The molecule has 0 aliphatic heterocycles. The Kier molecular flexibility index (Phi) is 11.9. The summed E-state index contributed by atoms with van der Waals surface area (Å²) in [6, 6.07) is 10.7. The van der Waals surface area contributed by atoms with E-state index in [1.807, 2.05) is 18.5 Å². The molecule has 2 N–H and O–H groups in total. The molecule has 0 unspecified atom stereocenters. The van der Waals surface area contributed by atoms with E-state index in [2.05, 4.69) is 65.0 Å². The Morgan fingerprint density at radius 2 is 1.83 bits per heavy atom. The molecule has 8 heteroatoms. The van der Waals surface area contributed by atoms with Gasteiger partial charge in [-0.3, -0.25) is 0 Å². The molecule has 0 spiro atoms. The number of nitrogens with zero attached hydrogens (tertiary/aromatic N) is 4. The van der Waals surface area contributed by atoms with Gasteiger partial charge in [0.1, 0.15) is 12.4 Å². The van der Waals surface area contributed by atoms with E-state index >= 15 is 0 Å². The maximum Gasteiger partial charge on any atom is 0.191 e. The Balaban J connectivity index is 0.00000450. The molecule has 0 bridgehead atoms. The van der Waals surface area contributed by atoms with Crippen molar-refractivity contribution in [2.24, 2.45) is 12.0 Å². The van der Waals surface area contributed by atoms with Crippen molar-refractivity contribution in [1.29, 1.82) is 0 Å². The fourth-order valence-electron chi connectivity index (χ4n) is 3.39. The van der Waals surface area contributed by atoms with Crippen molar-refractivity contribution >= 4 is 29.9 Å². The van der Waals surface area contributed by atoms with Gasteiger partial charge in [-0.2, -0.15) is 0 Å². The zero-order valence-electron chi connectivity index (χ0n) is 18.9. The summed E-state index contributed by atoms with van der Waals surface area (Å²) in [6.07, 6.45) is 3.03. The average molecular weight is 528 g/mol. The monoisotopic (exact) mass is 528 g/mol. The molecule has 0 fully saturated rings. The fraction of sp³-hybridized carbons (Fsp3) is 0.591. The number of ether oxygens (including phenoxy) is 1. The summed E-state index contributed by atoms with van der Waals surface area (Å²) < 4.78 is 7.13. The maximum atomic E-state index is 5.16. The van der Waals surface area contributed by atoms with Crippen LogP contribution in [0.4, 0.5) is 0 Å². The number of guanidine groups is 1. The number of aryl methyl sites for hydroxylation is 1. The van der Waals surface area contributed by atoms with Crippen LogP contribution in [0.5, 0.6) is 0 Å². The second kappa shape index (κ2) is 13.6. The third-order valence-electron chi connectivity index (χ3n) is 5.71. The molecular formula is C22H37IN6O. The Hall–Kier alpha value is -1.68. The quantitative estimate of drug-likeness (QED) is 0.202. The van der Waals surface area contributed by atoms with Gasteiger partial charge in [0.05, 0.1) is 0 Å². The van der Waals surface area contributed by atoms with Gasteiger partial charge in [0.25, 0.3) is 0 Å². The van der Waals surface area contributed by atoms with E-state index in [0.717, 1.165) is 56.6 Å². The largest absolute Gasteiger partial charge is 0.385 e. The van der Waals surface area contributed by atoms with Crippen LogP contribution >= 0.6 is 24.0 Å². The highest BCUT2D eigenvalue weighted by Crippen LogP contribution is 2.30. The summed E-state index contributed by atoms with van der Waals surface area (Å²) in [5.41, 5.74) is 1.43. The number of aliphatic imine (C=N–C) groups is 1. The first-order chi connectivity index (χ1) is 14.1. The first kappa shape index (κ1) is 26.4. The number of rotatable bonds is 11. The molecule has 7 nitrogen and oxygen atoms in total. The van der Waals surface area contributed by atoms with Crippen LogP contribution in [0.1, 0.15) is 50.3 Å². The molecule has 0 aliphatic rings. The minimum atomic E-state index is 0. The van der Waals surface area contributed by atoms with Crippen LogP contribution in [0.2, 0.25) is 0 Å². The minimum absolute atomic E-state index is 0. The van der Waals surface area contributed by atoms with E-state index in [1.54, 1.807) is 7.11 Å². The molecule has 2 aromatic rings. The second-order valence-corrected chi connectivity index (χ2v) is 7.37. The van der Waals surface area contributed by atoms with E-state index in [4.69, 9.17) is 9.73 Å². The number of methoxy groups -OCH3 is 1. The van der Waals surface area contributed by atoms with Crippen molar-refractivity contribution in [1.82, 2.24) is 25.4 Å². The summed E-state index contributed by atoms with van der Waals surface area (Å²) >= 11 is 0. The molecular weight excluding hydrogens is 491 g/mol. The van der Waals surface area contributed by atoms with Crippen molar-refractivity contribution in [2.45, 2.75) is 52.0 Å². The van der Waals surface area contributed by atoms with Gasteiger partial charge >= 0.3 is 0 Å². The second-order valence-electron chi connectivity index (χ2n) is 7.37. The summed E-state index contributed by atoms with van der Waals surface area (Å²) in [7, 11) is 3.69. The van der Waals surface area contributed by atoms with Crippen molar-refractivity contribution in [3.8, 4) is 0 Å². The Bertz CT molecular complexity index is 758. The van der Waals surface area contributed by atoms with E-state index in [9.17, 15) is 0 Å². The van der Waals surface area contributed by atoms with Gasteiger partial charge in [-0.15, -0.1) is 34.2 Å². The SMILES string of the molecule is CCC(CC)(CNC(=NCc1nnc(C)n1C)NCCCOC)c1ccccc1.I. The third kappa shape index (κ3) is 7.23. The zero-order valence-corrected chi connectivity index (χ0v) is 21.3. The van der Waals surface area contributed by atoms with Gasteiger partial charge < -0.3 is 19.9 Å². The highest BCUT2D eigenvalue weighted by Gasteiger charge is 2.28. The molecule has 168 valence electrons. The van der Waals surface area contributed by atoms with Gasteiger partial charge in [0.15, 0.2) is 11.8 Å². The first-order valence-corrected chi connectivity index (χ1v) is 10.5. The Morgan fingerprint density at radius 3 is 2.40 bits per heavy atom. The van der Waals surface area contributed by atoms with Crippen LogP contribution in [0.25, 0.3) is 0 Å². The van der Waals surface area contributed by atoms with E-state index in [1.165, 1.54) is 5.56 Å². The molecule has 30 heavy (non-hydrogen) atoms. The lowest BCUT2D eigenvalue weighted by molar-refractivity contribution is 0.195. The van der Waals surface area contributed by atoms with Gasteiger partial charge in [-0.25, -0.2) is 4.99 Å². The molecule has 0 atom stereocenters. The summed E-state index contributed by atoms with van der Waals surface area (Å²) in [5, 5.41) is 15.3. The molecule has 0 radical (unpaired) electrons. The molecule has 0 saturated carbocycles. The summed E-state index contributed by atoms with van der Waals surface area (Å²) in [6.45, 7) is 9.27. The smallest absolute Gasteiger partial charge is 0.191 e. The fourth-order valence-corrected chi connectivity index (χ4v) is 3.39. The summed E-state index contributed by atoms with van der Waals surface area (Å²) in [4.78, 5) is 4.76. The minimum Gasteiger partial charge on any atom is -0.385 e. The number of benzene rings is 1. The number of hydrogen-bond acceptors (Lipinski definition) is 4. The number of aromatic nitrogens is 3. The van der Waals surface area contributed by atoms with Crippen molar-refractivity contribution in [2.75, 3.05) is 26.8 Å². The van der Waals surface area contributed by atoms with Gasteiger partial charge in [0.2, 0.25) is 0 Å². The van der Waals surface area contributed by atoms with Gasteiger partial charge in [-0.1, -0.05) is 44.2 Å². The lowest BCUT2D eigenvalue weighted by atomic mass is 9.76. The average Bonchev–Trinajstić information content (AvgIpc) is 3.08. The van der Waals surface area contributed by atoms with Crippen molar-refractivity contribution in [3.05, 3.63) is 47.5 Å². The Labute approximate surface area is 198 Å². The lowest BCUT2D eigenvalue weighted by Gasteiger charge is -2.33. The van der Waals surface area contributed by atoms with Crippen LogP contribution in [0.15, 0.2) is 35.3 Å². The molecule has 0 saturated heterocycles. The van der Waals surface area contributed by atoms with Crippen LogP contribution in [-0.2, 0) is 23.7 Å². The molecule has 1 heterocycles. The lowest BCUT2D eigenvalue weighted by Crippen LogP contribution is -2.45. The maximum absolute atomic E-state index is 5.16. The molecule has 1 aromatic heterocycles. The number of nitrogens with one attached hydrogen (secondary N) is 2. The normalized spacial score (nSPS) is 11.8. The standard InChI is InChI=1S/C22H36N6O.HI/c1-6-22(7-2,19-12-9-8-10-13-19)17-25-21(23-14-11-15-29-5)24-16-20-27-26-18(3)28(20)4;/h8-10,12-13H,6-7,11,14-17H2,1-5H3,(H2,23,24,25);1H. The summed E-state index contributed by atoms with van der Waals surface area (Å²) in [5.74, 6) is 2.53. The van der Waals surface area contributed by atoms with Crippen molar-refractivity contribution in [3.63, 3.8) is 0 Å². The van der Waals surface area contributed by atoms with Crippen molar-refractivity contribution < 1.29 is 4.74 Å². The number of halogens is 1. The van der Waals surface area contributed by atoms with E-state index in [0.29, 0.717) is 6.54 Å². The molecule has 2 rings (SSSR count). The van der Waals surface area contributed by atoms with Gasteiger partial charge in [0, 0.05) is 39.3 Å². The molecule has 0 amide bonds. The highest BCUT2D eigenvalue weighted by atomic mass is 127. The van der Waals surface area contributed by atoms with Gasteiger partial charge in [-0.05, 0) is 31.7 Å². The predicted octanol–water partition coefficient (Wildman–Crippen LogP) is 3.57. The Morgan fingerprint density at radius 1 is 1.13 bits per heavy atom. The van der Waals surface area contributed by atoms with Crippen LogP contribution < -0.4 is 10.6 Å². The molecule has 0 aliphatic carbocycles. The third-order valence-corrected chi connectivity index (χ3v) is 5.71. The predicted molar refractivity (Wildman–Crippen MR) is 133 cm³/mol. The topological polar surface area (TPSA) is 76.4 Å². The zero-order chi connectivity index (χ0) is 21.1. The van der Waals surface area contributed by atoms with E-state index < -0.39 is 0 Å². The first-order valence-electron chi connectivity index (χ1n) is 10.5.